The molecule has 5 aliphatic rings. The molecule has 0 radical (unpaired) electrons. The lowest BCUT2D eigenvalue weighted by Gasteiger charge is -2.37. The van der Waals surface area contributed by atoms with E-state index in [0.29, 0.717) is 17.4 Å². The molecule has 4 aliphatic carbocycles. The largest absolute Gasteiger partial charge is 0.289 e. The Balaban J connectivity index is 1.36. The maximum Gasteiger partial charge on any atom is 0.259 e. The predicted molar refractivity (Wildman–Crippen MR) is 121 cm³/mol. The molecule has 1 aliphatic heterocycles. The van der Waals surface area contributed by atoms with E-state index in [-0.39, 0.29) is 48.1 Å². The molecule has 0 aromatic heterocycles. The third-order valence-corrected chi connectivity index (χ3v) is 7.95. The van der Waals surface area contributed by atoms with E-state index in [9.17, 15) is 14.4 Å². The fraction of sp³-hybridized carbons (Fsp3) is 0.370. The third-order valence-electron chi connectivity index (χ3n) is 7.95. The zero-order valence-corrected chi connectivity index (χ0v) is 18.3. The Bertz CT molecular complexity index is 1130. The van der Waals surface area contributed by atoms with Gasteiger partial charge in [-0.3, -0.25) is 24.2 Å². The Morgan fingerprint density at radius 3 is 2.16 bits per heavy atom. The molecule has 162 valence electrons. The van der Waals surface area contributed by atoms with Crippen molar-refractivity contribution in [3.05, 3.63) is 77.4 Å². The van der Waals surface area contributed by atoms with Crippen molar-refractivity contribution in [1.29, 1.82) is 0 Å². The molecule has 2 bridgehead atoms. The standard InChI is InChI=1S/C27H26N2O3/c1-15-8-11-22(16(2)12-15)28(25(30)17-6-4-3-5-7-17)14-29-26(31)23-18-9-10-19(21-13-20(18)21)24(23)27(29)32/h3-12,18-21,23-24H,13-14H2,1-2H3/t18-,19-,20-,21+,23-,24-/m1/s1. The number of nitrogens with zero attached hydrogens (tertiary/aromatic N) is 2. The predicted octanol–water partition coefficient (Wildman–Crippen LogP) is 3.96. The monoisotopic (exact) mass is 426 g/mol. The first-order valence-corrected chi connectivity index (χ1v) is 11.4. The van der Waals surface area contributed by atoms with E-state index in [1.807, 2.05) is 50.2 Å². The normalized spacial score (nSPS) is 31.5. The Hall–Kier alpha value is -3.21. The van der Waals surface area contributed by atoms with Crippen LogP contribution in [-0.4, -0.2) is 29.3 Å². The Morgan fingerprint density at radius 2 is 1.56 bits per heavy atom. The summed E-state index contributed by atoms with van der Waals surface area (Å²) in [5.41, 5.74) is 3.30. The molecule has 0 unspecified atom stereocenters. The second-order valence-corrected chi connectivity index (χ2v) is 9.79. The van der Waals surface area contributed by atoms with Crippen molar-refractivity contribution < 1.29 is 14.4 Å². The molecule has 2 aromatic rings. The number of anilines is 1. The summed E-state index contributed by atoms with van der Waals surface area (Å²) >= 11 is 0. The van der Waals surface area contributed by atoms with Gasteiger partial charge in [0.05, 0.1) is 11.8 Å². The molecule has 1 saturated heterocycles. The molecule has 2 aromatic carbocycles. The van der Waals surface area contributed by atoms with Crippen LogP contribution in [0.15, 0.2) is 60.7 Å². The second kappa shape index (κ2) is 6.89. The lowest BCUT2D eigenvalue weighted by Crippen LogP contribution is -2.45. The maximum atomic E-state index is 13.6. The number of imide groups is 1. The first kappa shape index (κ1) is 19.5. The van der Waals surface area contributed by atoms with Crippen LogP contribution in [0.5, 0.6) is 0 Å². The number of benzene rings is 2. The van der Waals surface area contributed by atoms with Gasteiger partial charge in [-0.25, -0.2) is 0 Å². The van der Waals surface area contributed by atoms with Gasteiger partial charge in [0.2, 0.25) is 11.8 Å². The van der Waals surface area contributed by atoms with Crippen molar-refractivity contribution in [2.75, 3.05) is 11.6 Å². The van der Waals surface area contributed by atoms with E-state index in [2.05, 4.69) is 12.2 Å². The highest BCUT2D eigenvalue weighted by molar-refractivity contribution is 6.10. The minimum atomic E-state index is -0.256. The number of aryl methyl sites for hydroxylation is 2. The van der Waals surface area contributed by atoms with Crippen LogP contribution in [0, 0.1) is 49.4 Å². The van der Waals surface area contributed by atoms with E-state index < -0.39 is 0 Å². The van der Waals surface area contributed by atoms with Crippen LogP contribution in [0.1, 0.15) is 27.9 Å². The number of carbonyl (C=O) groups is 3. The van der Waals surface area contributed by atoms with Crippen LogP contribution in [0.3, 0.4) is 0 Å². The van der Waals surface area contributed by atoms with Crippen LogP contribution in [-0.2, 0) is 9.59 Å². The van der Waals surface area contributed by atoms with Crippen molar-refractivity contribution in [3.8, 4) is 0 Å². The molecule has 7 rings (SSSR count). The number of hydrogen-bond donors (Lipinski definition) is 0. The van der Waals surface area contributed by atoms with Gasteiger partial charge in [0, 0.05) is 11.3 Å². The highest BCUT2D eigenvalue weighted by Gasteiger charge is 2.67. The average Bonchev–Trinajstić information content (AvgIpc) is 3.58. The summed E-state index contributed by atoms with van der Waals surface area (Å²) in [5.74, 6) is 0.529. The molecule has 6 atom stereocenters. The molecule has 3 amide bonds. The number of hydrogen-bond acceptors (Lipinski definition) is 3. The Morgan fingerprint density at radius 1 is 0.938 bits per heavy atom. The minimum Gasteiger partial charge on any atom is -0.289 e. The molecule has 32 heavy (non-hydrogen) atoms. The van der Waals surface area contributed by atoms with E-state index in [4.69, 9.17) is 0 Å². The smallest absolute Gasteiger partial charge is 0.259 e. The quantitative estimate of drug-likeness (QED) is 0.549. The van der Waals surface area contributed by atoms with Gasteiger partial charge >= 0.3 is 0 Å². The van der Waals surface area contributed by atoms with Crippen molar-refractivity contribution in [3.63, 3.8) is 0 Å². The number of likely N-dealkylation sites (tertiary alicyclic amines) is 1. The number of allylic oxidation sites excluding steroid dienone is 2. The number of amides is 3. The fourth-order valence-corrected chi connectivity index (χ4v) is 6.39. The molecule has 2 saturated carbocycles. The lowest BCUT2D eigenvalue weighted by atomic mass is 9.63. The summed E-state index contributed by atoms with van der Waals surface area (Å²) in [7, 11) is 0. The van der Waals surface area contributed by atoms with Gasteiger partial charge in [-0.1, -0.05) is 48.0 Å². The van der Waals surface area contributed by atoms with Crippen LogP contribution < -0.4 is 4.90 Å². The second-order valence-electron chi connectivity index (χ2n) is 9.79. The fourth-order valence-electron chi connectivity index (χ4n) is 6.39. The van der Waals surface area contributed by atoms with Crippen LogP contribution in [0.2, 0.25) is 0 Å². The van der Waals surface area contributed by atoms with Gasteiger partial charge < -0.3 is 0 Å². The molecule has 5 heteroatoms. The third kappa shape index (κ3) is 2.73. The summed E-state index contributed by atoms with van der Waals surface area (Å²) in [5, 5.41) is 0. The highest BCUT2D eigenvalue weighted by Crippen LogP contribution is 2.65. The van der Waals surface area contributed by atoms with Gasteiger partial charge in [0.25, 0.3) is 5.91 Å². The molecule has 0 spiro atoms. The van der Waals surface area contributed by atoms with E-state index in [1.54, 1.807) is 17.0 Å². The number of carbonyl (C=O) groups excluding carboxylic acids is 3. The van der Waals surface area contributed by atoms with Crippen molar-refractivity contribution in [2.45, 2.75) is 20.3 Å². The average molecular weight is 427 g/mol. The highest BCUT2D eigenvalue weighted by atomic mass is 16.2. The van der Waals surface area contributed by atoms with E-state index >= 15 is 0 Å². The van der Waals surface area contributed by atoms with Gasteiger partial charge in [-0.2, -0.15) is 0 Å². The molecular formula is C27H26N2O3. The van der Waals surface area contributed by atoms with E-state index in [0.717, 1.165) is 23.2 Å². The van der Waals surface area contributed by atoms with Gasteiger partial charge in [0.1, 0.15) is 6.67 Å². The summed E-state index contributed by atoms with van der Waals surface area (Å²) in [6.45, 7) is 3.92. The van der Waals surface area contributed by atoms with Gasteiger partial charge in [-0.15, -0.1) is 0 Å². The molecule has 0 N–H and O–H groups in total. The van der Waals surface area contributed by atoms with Crippen molar-refractivity contribution in [2.24, 2.45) is 35.5 Å². The summed E-state index contributed by atoms with van der Waals surface area (Å²) in [4.78, 5) is 43.5. The molecule has 5 nitrogen and oxygen atoms in total. The van der Waals surface area contributed by atoms with E-state index in [1.165, 1.54) is 4.90 Å². The lowest BCUT2D eigenvalue weighted by molar-refractivity contribution is -0.140. The summed E-state index contributed by atoms with van der Waals surface area (Å²) < 4.78 is 0. The molecule has 3 fully saturated rings. The van der Waals surface area contributed by atoms with Gasteiger partial charge in [0.15, 0.2) is 0 Å². The van der Waals surface area contributed by atoms with Crippen LogP contribution in [0.25, 0.3) is 0 Å². The number of rotatable bonds is 4. The van der Waals surface area contributed by atoms with Crippen LogP contribution in [0.4, 0.5) is 5.69 Å². The van der Waals surface area contributed by atoms with Gasteiger partial charge in [-0.05, 0) is 67.7 Å². The summed E-state index contributed by atoms with van der Waals surface area (Å²) in [6.07, 6.45) is 5.48. The first-order valence-electron chi connectivity index (χ1n) is 11.4. The molecular weight excluding hydrogens is 400 g/mol. The topological polar surface area (TPSA) is 57.7 Å². The zero-order valence-electron chi connectivity index (χ0n) is 18.3. The first-order chi connectivity index (χ1) is 15.5. The molecule has 1 heterocycles. The zero-order chi connectivity index (χ0) is 22.1. The minimum absolute atomic E-state index is 0.0446. The maximum absolute atomic E-state index is 13.6. The summed E-state index contributed by atoms with van der Waals surface area (Å²) in [6, 6.07) is 14.9. The van der Waals surface area contributed by atoms with Crippen molar-refractivity contribution >= 4 is 23.4 Å². The SMILES string of the molecule is Cc1ccc(N(CN2C(=O)[C@@H]3[C@@H]4C=C[C@H]([C@@H]5C[C@H]45)[C@H]3C2=O)C(=O)c2ccccc2)c(C)c1. The Labute approximate surface area is 187 Å². The van der Waals surface area contributed by atoms with Crippen molar-refractivity contribution in [1.82, 2.24) is 4.90 Å². The Kier molecular flexibility index (Phi) is 4.19. The van der Waals surface area contributed by atoms with Crippen LogP contribution >= 0.6 is 0 Å².